The molecule has 1 aliphatic heterocycles. The number of hydrogen-bond donors (Lipinski definition) is 2. The van der Waals surface area contributed by atoms with Crippen molar-refractivity contribution in [3.8, 4) is 0 Å². The number of anilines is 2. The molecule has 0 unspecified atom stereocenters. The van der Waals surface area contributed by atoms with Gasteiger partial charge >= 0.3 is 0 Å². The van der Waals surface area contributed by atoms with Gasteiger partial charge in [0.1, 0.15) is 0 Å². The molecule has 2 N–H and O–H groups in total. The second-order valence-corrected chi connectivity index (χ2v) is 5.00. The van der Waals surface area contributed by atoms with Crippen molar-refractivity contribution in [3.63, 3.8) is 0 Å². The minimum atomic E-state index is -0.232. The average Bonchev–Trinajstić information content (AvgIpc) is 2.78. The Bertz CT molecular complexity index is 713. The van der Waals surface area contributed by atoms with Crippen molar-refractivity contribution in [1.29, 1.82) is 0 Å². The molecule has 2 aromatic rings. The normalized spacial score (nSPS) is 12.8. The molecular weight excluding hydrogens is 276 g/mol. The lowest BCUT2D eigenvalue weighted by molar-refractivity contribution is -0.115. The van der Waals surface area contributed by atoms with Gasteiger partial charge in [-0.2, -0.15) is 0 Å². The Morgan fingerprint density at radius 1 is 1.20 bits per heavy atom. The summed E-state index contributed by atoms with van der Waals surface area (Å²) in [5.74, 6) is -0.261. The van der Waals surface area contributed by atoms with Crippen molar-refractivity contribution < 1.29 is 9.59 Å². The molecule has 20 heavy (non-hydrogen) atoms. The van der Waals surface area contributed by atoms with E-state index in [2.05, 4.69) is 10.6 Å². The predicted octanol–water partition coefficient (Wildman–Crippen LogP) is 3.09. The first kappa shape index (κ1) is 12.7. The molecule has 2 aromatic carbocycles. The van der Waals surface area contributed by atoms with Gasteiger partial charge in [0.05, 0.1) is 6.42 Å². The molecule has 0 fully saturated rings. The molecule has 0 aromatic heterocycles. The molecule has 1 heterocycles. The number of amides is 2. The van der Waals surface area contributed by atoms with E-state index >= 15 is 0 Å². The molecule has 5 heteroatoms. The van der Waals surface area contributed by atoms with E-state index in [1.807, 2.05) is 0 Å². The molecule has 3 rings (SSSR count). The fourth-order valence-corrected chi connectivity index (χ4v) is 2.33. The first-order chi connectivity index (χ1) is 9.61. The molecule has 0 atom stereocenters. The Labute approximate surface area is 120 Å². The van der Waals surface area contributed by atoms with Crippen LogP contribution in [0.1, 0.15) is 15.9 Å². The topological polar surface area (TPSA) is 58.2 Å². The molecule has 0 saturated carbocycles. The standard InChI is InChI=1S/C15H11ClN2O2/c16-11-3-1-2-9(6-11)15(20)17-12-4-5-13-10(7-12)8-14(19)18-13/h1-7H,8H2,(H,17,20)(H,18,19). The van der Waals surface area contributed by atoms with Crippen molar-refractivity contribution in [2.24, 2.45) is 0 Å². The Morgan fingerprint density at radius 2 is 2.05 bits per heavy atom. The van der Waals surface area contributed by atoms with Crippen molar-refractivity contribution in [2.45, 2.75) is 6.42 Å². The zero-order valence-electron chi connectivity index (χ0n) is 10.4. The molecule has 100 valence electrons. The number of halogens is 1. The Kier molecular flexibility index (Phi) is 3.16. The second-order valence-electron chi connectivity index (χ2n) is 4.56. The van der Waals surface area contributed by atoms with Gasteiger partial charge in [0.25, 0.3) is 5.91 Å². The molecular formula is C15H11ClN2O2. The van der Waals surface area contributed by atoms with E-state index in [-0.39, 0.29) is 11.8 Å². The molecule has 4 nitrogen and oxygen atoms in total. The van der Waals surface area contributed by atoms with Gasteiger partial charge in [0.2, 0.25) is 5.91 Å². The summed E-state index contributed by atoms with van der Waals surface area (Å²) in [5, 5.41) is 6.06. The maximum atomic E-state index is 12.1. The minimum absolute atomic E-state index is 0.0293. The summed E-state index contributed by atoms with van der Waals surface area (Å²) in [5.41, 5.74) is 2.84. The number of nitrogens with one attached hydrogen (secondary N) is 2. The van der Waals surface area contributed by atoms with Crippen LogP contribution in [0, 0.1) is 0 Å². The van der Waals surface area contributed by atoms with Crippen molar-refractivity contribution in [1.82, 2.24) is 0 Å². The largest absolute Gasteiger partial charge is 0.326 e. The van der Waals surface area contributed by atoms with E-state index in [0.29, 0.717) is 22.7 Å². The van der Waals surface area contributed by atoms with Crippen LogP contribution in [-0.2, 0) is 11.2 Å². The summed E-state index contributed by atoms with van der Waals surface area (Å²) in [4.78, 5) is 23.4. The third-order valence-electron chi connectivity index (χ3n) is 3.08. The molecule has 0 saturated heterocycles. The maximum Gasteiger partial charge on any atom is 0.255 e. The van der Waals surface area contributed by atoms with Crippen LogP contribution in [0.2, 0.25) is 5.02 Å². The highest BCUT2D eigenvalue weighted by atomic mass is 35.5. The predicted molar refractivity (Wildman–Crippen MR) is 78.2 cm³/mol. The summed E-state index contributed by atoms with van der Waals surface area (Å²) in [6.07, 6.45) is 0.343. The lowest BCUT2D eigenvalue weighted by Gasteiger charge is -2.07. The average molecular weight is 287 g/mol. The monoisotopic (exact) mass is 286 g/mol. The zero-order chi connectivity index (χ0) is 14.1. The van der Waals surface area contributed by atoms with Crippen LogP contribution in [-0.4, -0.2) is 11.8 Å². The van der Waals surface area contributed by atoms with Crippen LogP contribution in [0.25, 0.3) is 0 Å². The highest BCUT2D eigenvalue weighted by Gasteiger charge is 2.18. The number of carbonyl (C=O) groups is 2. The van der Waals surface area contributed by atoms with Gasteiger partial charge in [0, 0.05) is 22.0 Å². The lowest BCUT2D eigenvalue weighted by Crippen LogP contribution is -2.11. The fourth-order valence-electron chi connectivity index (χ4n) is 2.14. The molecule has 0 aliphatic carbocycles. The van der Waals surface area contributed by atoms with Crippen LogP contribution >= 0.6 is 11.6 Å². The summed E-state index contributed by atoms with van der Waals surface area (Å²) in [7, 11) is 0. The summed E-state index contributed by atoms with van der Waals surface area (Å²) in [6, 6.07) is 12.1. The van der Waals surface area contributed by atoms with Gasteiger partial charge in [-0.1, -0.05) is 17.7 Å². The van der Waals surface area contributed by atoms with Gasteiger partial charge < -0.3 is 10.6 Å². The van der Waals surface area contributed by atoms with Crippen molar-refractivity contribution in [3.05, 3.63) is 58.6 Å². The quantitative estimate of drug-likeness (QED) is 0.891. The maximum absolute atomic E-state index is 12.1. The van der Waals surface area contributed by atoms with Crippen LogP contribution in [0.4, 0.5) is 11.4 Å². The number of rotatable bonds is 2. The van der Waals surface area contributed by atoms with Crippen LogP contribution in [0.5, 0.6) is 0 Å². The molecule has 2 amide bonds. The van der Waals surface area contributed by atoms with Crippen LogP contribution < -0.4 is 10.6 Å². The Hall–Kier alpha value is -2.33. The first-order valence-electron chi connectivity index (χ1n) is 6.11. The minimum Gasteiger partial charge on any atom is -0.326 e. The lowest BCUT2D eigenvalue weighted by atomic mass is 10.1. The SMILES string of the molecule is O=C1Cc2cc(NC(=O)c3cccc(Cl)c3)ccc2N1. The Morgan fingerprint density at radius 3 is 2.85 bits per heavy atom. The summed E-state index contributed by atoms with van der Waals surface area (Å²) in [6.45, 7) is 0. The van der Waals surface area contributed by atoms with Gasteiger partial charge in [-0.05, 0) is 42.0 Å². The second kappa shape index (κ2) is 4.98. The zero-order valence-corrected chi connectivity index (χ0v) is 11.2. The van der Waals surface area contributed by atoms with Gasteiger partial charge in [-0.15, -0.1) is 0 Å². The van der Waals surface area contributed by atoms with E-state index in [9.17, 15) is 9.59 Å². The first-order valence-corrected chi connectivity index (χ1v) is 6.49. The van der Waals surface area contributed by atoms with Gasteiger partial charge in [-0.3, -0.25) is 9.59 Å². The van der Waals surface area contributed by atoms with E-state index in [4.69, 9.17) is 11.6 Å². The summed E-state index contributed by atoms with van der Waals surface area (Å²) < 4.78 is 0. The van der Waals surface area contributed by atoms with Crippen LogP contribution in [0.3, 0.4) is 0 Å². The molecule has 1 aliphatic rings. The number of carbonyl (C=O) groups excluding carboxylic acids is 2. The van der Waals surface area contributed by atoms with Gasteiger partial charge in [0.15, 0.2) is 0 Å². The number of benzene rings is 2. The highest BCUT2D eigenvalue weighted by molar-refractivity contribution is 6.31. The van der Waals surface area contributed by atoms with Gasteiger partial charge in [-0.25, -0.2) is 0 Å². The third kappa shape index (κ3) is 2.51. The van der Waals surface area contributed by atoms with Crippen LogP contribution in [0.15, 0.2) is 42.5 Å². The number of hydrogen-bond acceptors (Lipinski definition) is 2. The summed E-state index contributed by atoms with van der Waals surface area (Å²) >= 11 is 5.86. The molecule has 0 radical (unpaired) electrons. The Balaban J connectivity index is 1.80. The van der Waals surface area contributed by atoms with E-state index < -0.39 is 0 Å². The molecule has 0 bridgehead atoms. The van der Waals surface area contributed by atoms with E-state index in [1.165, 1.54) is 0 Å². The van der Waals surface area contributed by atoms with E-state index in [1.54, 1.807) is 42.5 Å². The fraction of sp³-hybridized carbons (Fsp3) is 0.0667. The van der Waals surface area contributed by atoms with E-state index in [0.717, 1.165) is 11.3 Å². The molecule has 0 spiro atoms. The van der Waals surface area contributed by atoms with Crippen molar-refractivity contribution in [2.75, 3.05) is 10.6 Å². The third-order valence-corrected chi connectivity index (χ3v) is 3.31. The highest BCUT2D eigenvalue weighted by Crippen LogP contribution is 2.26. The smallest absolute Gasteiger partial charge is 0.255 e. The number of fused-ring (bicyclic) bond motifs is 1. The van der Waals surface area contributed by atoms with Crippen molar-refractivity contribution >= 4 is 34.8 Å².